The number of hydrogen-bond acceptors (Lipinski definition) is 5. The molecule has 32 heavy (non-hydrogen) atoms. The van der Waals surface area contributed by atoms with Gasteiger partial charge in [0.15, 0.2) is 17.2 Å². The Morgan fingerprint density at radius 1 is 0.625 bits per heavy atom. The van der Waals surface area contributed by atoms with E-state index in [0.29, 0.717) is 24.5 Å². The molecular formula is C25H28N2O5+2. The van der Waals surface area contributed by atoms with Gasteiger partial charge in [0.25, 0.3) is 0 Å². The Kier molecular flexibility index (Phi) is 4.04. The molecule has 0 radical (unpaired) electrons. The van der Waals surface area contributed by atoms with Crippen molar-refractivity contribution in [1.82, 2.24) is 8.97 Å². The summed E-state index contributed by atoms with van der Waals surface area (Å²) in [5.41, 5.74) is 5.99. The molecule has 2 aromatic rings. The van der Waals surface area contributed by atoms with Crippen LogP contribution in [0.2, 0.25) is 0 Å². The van der Waals surface area contributed by atoms with E-state index in [2.05, 4.69) is 12.1 Å². The molecule has 0 N–H and O–H groups in total. The third-order valence-corrected chi connectivity index (χ3v) is 8.21. The van der Waals surface area contributed by atoms with Gasteiger partial charge in [-0.25, -0.2) is 0 Å². The number of ether oxygens (including phenoxy) is 4. The van der Waals surface area contributed by atoms with E-state index in [9.17, 15) is 4.79 Å². The Morgan fingerprint density at radius 2 is 1.22 bits per heavy atom. The molecular weight excluding hydrogens is 408 g/mol. The van der Waals surface area contributed by atoms with Crippen molar-refractivity contribution < 1.29 is 23.7 Å². The Balaban J connectivity index is 1.52. The van der Waals surface area contributed by atoms with E-state index in [-0.39, 0.29) is 5.78 Å². The van der Waals surface area contributed by atoms with Crippen LogP contribution in [-0.4, -0.2) is 84.7 Å². The molecule has 5 aliphatic rings. The van der Waals surface area contributed by atoms with Gasteiger partial charge in [-0.2, -0.15) is 0 Å². The Bertz CT molecular complexity index is 1130. The highest BCUT2D eigenvalue weighted by Gasteiger charge is 2.48. The van der Waals surface area contributed by atoms with Crippen LogP contribution in [0.15, 0.2) is 24.3 Å². The molecule has 7 rings (SSSR count). The number of nitrogens with zero attached hydrogens (tertiary/aromatic N) is 2. The minimum absolute atomic E-state index is 0.0608. The summed E-state index contributed by atoms with van der Waals surface area (Å²) in [6, 6.07) is 8.48. The van der Waals surface area contributed by atoms with Crippen LogP contribution < -0.4 is 18.4 Å². The molecule has 0 amide bonds. The van der Waals surface area contributed by atoms with Crippen molar-refractivity contribution in [2.75, 3.05) is 78.9 Å². The third-order valence-electron chi connectivity index (χ3n) is 8.21. The maximum Gasteiger partial charge on any atom is 0.224 e. The van der Waals surface area contributed by atoms with Gasteiger partial charge in [-0.1, -0.05) is 6.07 Å². The first-order chi connectivity index (χ1) is 15.7. The number of rotatable bonds is 0. The van der Waals surface area contributed by atoms with Crippen molar-refractivity contribution in [1.29, 1.82) is 0 Å². The molecule has 4 bridgehead atoms. The monoisotopic (exact) mass is 436 g/mol. The molecule has 0 saturated carbocycles. The summed E-state index contributed by atoms with van der Waals surface area (Å²) in [6.07, 6.45) is 0. The first-order valence-electron chi connectivity index (χ1n) is 11.8. The van der Waals surface area contributed by atoms with Gasteiger partial charge >= 0.3 is 0 Å². The molecule has 4 aliphatic heterocycles. The smallest absolute Gasteiger partial charge is 0.224 e. The number of ketones is 1. The van der Waals surface area contributed by atoms with Crippen LogP contribution in [-0.2, 0) is 9.47 Å². The van der Waals surface area contributed by atoms with Gasteiger partial charge in [0.1, 0.15) is 58.2 Å². The van der Waals surface area contributed by atoms with Crippen molar-refractivity contribution in [3.63, 3.8) is 0 Å². The van der Waals surface area contributed by atoms with Crippen molar-refractivity contribution in [2.24, 2.45) is 0 Å². The highest BCUT2D eigenvalue weighted by Crippen LogP contribution is 2.56. The molecule has 2 fully saturated rings. The van der Waals surface area contributed by atoms with E-state index in [0.717, 1.165) is 103 Å². The highest BCUT2D eigenvalue weighted by atomic mass is 16.5. The molecule has 1 aliphatic carbocycles. The van der Waals surface area contributed by atoms with Gasteiger partial charge in [-0.3, -0.25) is 13.8 Å². The lowest BCUT2D eigenvalue weighted by atomic mass is 9.98. The SMILES string of the molecule is O=C1c2cccc3c2-c2cc4c(c(c21)OCC[N+]31CCOCC1)OCC[N+]41CCOCC1. The predicted molar refractivity (Wildman–Crippen MR) is 121 cm³/mol. The number of fused-ring (bicyclic) bond motifs is 4. The zero-order valence-corrected chi connectivity index (χ0v) is 18.2. The van der Waals surface area contributed by atoms with Crippen LogP contribution in [0.3, 0.4) is 0 Å². The fourth-order valence-corrected chi connectivity index (χ4v) is 6.42. The van der Waals surface area contributed by atoms with Gasteiger partial charge < -0.3 is 18.9 Å². The summed E-state index contributed by atoms with van der Waals surface area (Å²) >= 11 is 0. The zero-order valence-electron chi connectivity index (χ0n) is 18.2. The molecule has 4 heterocycles. The molecule has 0 atom stereocenters. The summed E-state index contributed by atoms with van der Waals surface area (Å²) in [6.45, 7) is 9.54. The standard InChI is InChI=1S/C25H28N2O5/c28-23-17-2-1-3-19-21(17)18-16-20-24(31-14-9-27(20)6-12-30-13-7-27)25(22(18)23)32-15-8-26(19)4-10-29-11-5-26/h1-3,16H,4-15H2/q+2. The second kappa shape index (κ2) is 6.78. The van der Waals surface area contributed by atoms with Crippen LogP contribution in [0.1, 0.15) is 15.9 Å². The van der Waals surface area contributed by atoms with Gasteiger partial charge in [0.2, 0.25) is 5.75 Å². The Labute approximate surface area is 187 Å². The molecule has 166 valence electrons. The molecule has 0 aromatic heterocycles. The van der Waals surface area contributed by atoms with Gasteiger partial charge in [-0.05, 0) is 12.1 Å². The third kappa shape index (κ3) is 2.42. The van der Waals surface area contributed by atoms with Crippen molar-refractivity contribution in [3.8, 4) is 22.6 Å². The number of carbonyl (C=O) groups excluding carboxylic acids is 1. The molecule has 2 spiro atoms. The molecule has 2 aromatic carbocycles. The number of morpholine rings is 2. The van der Waals surface area contributed by atoms with Crippen molar-refractivity contribution in [2.45, 2.75) is 0 Å². The van der Waals surface area contributed by atoms with Crippen LogP contribution in [0, 0.1) is 0 Å². The second-order valence-electron chi connectivity index (χ2n) is 9.56. The summed E-state index contributed by atoms with van der Waals surface area (Å²) in [4.78, 5) is 13.7. The molecule has 0 unspecified atom stereocenters. The zero-order chi connectivity index (χ0) is 21.3. The van der Waals surface area contributed by atoms with Gasteiger partial charge in [0.05, 0.1) is 37.6 Å². The first-order valence-corrected chi connectivity index (χ1v) is 11.8. The second-order valence-corrected chi connectivity index (χ2v) is 9.56. The topological polar surface area (TPSA) is 54.0 Å². The summed E-state index contributed by atoms with van der Waals surface area (Å²) < 4.78 is 25.8. The molecule has 2 saturated heterocycles. The first kappa shape index (κ1) is 19.1. The lowest BCUT2D eigenvalue weighted by Gasteiger charge is -2.44. The van der Waals surface area contributed by atoms with Crippen molar-refractivity contribution in [3.05, 3.63) is 35.4 Å². The van der Waals surface area contributed by atoms with E-state index < -0.39 is 0 Å². The molecule has 7 heteroatoms. The quantitative estimate of drug-likeness (QED) is 0.507. The number of hydrogen-bond donors (Lipinski definition) is 0. The lowest BCUT2D eigenvalue weighted by molar-refractivity contribution is 0.0255. The molecule has 7 nitrogen and oxygen atoms in total. The minimum atomic E-state index is 0.0608. The van der Waals surface area contributed by atoms with Crippen LogP contribution in [0.25, 0.3) is 11.1 Å². The maximum atomic E-state index is 13.7. The summed E-state index contributed by atoms with van der Waals surface area (Å²) in [5, 5.41) is 0. The summed E-state index contributed by atoms with van der Waals surface area (Å²) in [7, 11) is 0. The lowest BCUT2D eigenvalue weighted by Crippen LogP contribution is -2.59. The largest absolute Gasteiger partial charge is 0.483 e. The fourth-order valence-electron chi connectivity index (χ4n) is 6.42. The van der Waals surface area contributed by atoms with Crippen molar-refractivity contribution >= 4 is 17.2 Å². The van der Waals surface area contributed by atoms with E-state index in [1.807, 2.05) is 12.1 Å². The van der Waals surface area contributed by atoms with E-state index >= 15 is 0 Å². The number of quaternary nitrogens is 2. The maximum absolute atomic E-state index is 13.7. The van der Waals surface area contributed by atoms with E-state index in [4.69, 9.17) is 18.9 Å². The van der Waals surface area contributed by atoms with Gasteiger partial charge in [-0.15, -0.1) is 0 Å². The average Bonchev–Trinajstić information content (AvgIpc) is 3.13. The van der Waals surface area contributed by atoms with Crippen LogP contribution in [0.5, 0.6) is 11.5 Å². The minimum Gasteiger partial charge on any atom is -0.483 e. The fraction of sp³-hybridized carbons (Fsp3) is 0.480. The number of benzene rings is 2. The Morgan fingerprint density at radius 3 is 1.91 bits per heavy atom. The van der Waals surface area contributed by atoms with Gasteiger partial charge in [0, 0.05) is 17.2 Å². The summed E-state index contributed by atoms with van der Waals surface area (Å²) in [5.74, 6) is 1.49. The predicted octanol–water partition coefficient (Wildman–Crippen LogP) is 2.36. The Hall–Kier alpha value is -2.45. The highest BCUT2D eigenvalue weighted by molar-refractivity contribution is 6.25. The van der Waals surface area contributed by atoms with E-state index in [1.165, 1.54) is 5.69 Å². The van der Waals surface area contributed by atoms with E-state index in [1.54, 1.807) is 0 Å². The normalized spacial score (nSPS) is 24.2. The average molecular weight is 437 g/mol. The number of carbonyl (C=O) groups is 1. The van der Waals surface area contributed by atoms with Crippen LogP contribution in [0.4, 0.5) is 11.4 Å². The van der Waals surface area contributed by atoms with Crippen LogP contribution >= 0.6 is 0 Å².